The van der Waals surface area contributed by atoms with Crippen LogP contribution in [-0.4, -0.2) is 52.4 Å². The molecule has 1 N–H and O–H groups in total. The third-order valence-corrected chi connectivity index (χ3v) is 3.37. The molecule has 1 aromatic carbocycles. The maximum Gasteiger partial charge on any atom is 0.118 e. The standard InChI is InChI=1S/C15H26N2O2/c1-5-17(10-11-18-3)12-15(16-2)13-6-8-14(19-4)9-7-13/h6-9,15-16H,5,10-12H2,1-4H3. The van der Waals surface area contributed by atoms with Gasteiger partial charge in [-0.15, -0.1) is 0 Å². The molecule has 0 fully saturated rings. The predicted molar refractivity (Wildman–Crippen MR) is 78.8 cm³/mol. The van der Waals surface area contributed by atoms with Crippen molar-refractivity contribution in [1.82, 2.24) is 10.2 Å². The van der Waals surface area contributed by atoms with E-state index in [9.17, 15) is 0 Å². The van der Waals surface area contributed by atoms with Gasteiger partial charge in [0, 0.05) is 26.2 Å². The molecule has 4 heteroatoms. The minimum absolute atomic E-state index is 0.322. The number of ether oxygens (including phenoxy) is 2. The fourth-order valence-corrected chi connectivity index (χ4v) is 2.06. The Labute approximate surface area is 116 Å². The van der Waals surface area contributed by atoms with Gasteiger partial charge >= 0.3 is 0 Å². The highest BCUT2D eigenvalue weighted by Gasteiger charge is 2.13. The van der Waals surface area contributed by atoms with Crippen LogP contribution >= 0.6 is 0 Å². The quantitative estimate of drug-likeness (QED) is 0.740. The van der Waals surface area contributed by atoms with Crippen molar-refractivity contribution in [3.8, 4) is 5.75 Å². The van der Waals surface area contributed by atoms with Gasteiger partial charge in [-0.1, -0.05) is 19.1 Å². The number of nitrogens with one attached hydrogen (secondary N) is 1. The van der Waals surface area contributed by atoms with E-state index in [-0.39, 0.29) is 0 Å². The van der Waals surface area contributed by atoms with Crippen LogP contribution in [0.4, 0.5) is 0 Å². The molecule has 0 bridgehead atoms. The first-order valence-electron chi connectivity index (χ1n) is 6.77. The predicted octanol–water partition coefficient (Wildman–Crippen LogP) is 1.92. The number of methoxy groups -OCH3 is 2. The second-order valence-electron chi connectivity index (χ2n) is 4.50. The lowest BCUT2D eigenvalue weighted by Gasteiger charge is -2.26. The van der Waals surface area contributed by atoms with Crippen molar-refractivity contribution in [2.24, 2.45) is 0 Å². The van der Waals surface area contributed by atoms with Crippen LogP contribution in [0.3, 0.4) is 0 Å². The first-order valence-corrected chi connectivity index (χ1v) is 6.77. The van der Waals surface area contributed by atoms with Crippen molar-refractivity contribution in [3.63, 3.8) is 0 Å². The molecular formula is C15H26N2O2. The van der Waals surface area contributed by atoms with Crippen LogP contribution < -0.4 is 10.1 Å². The Hall–Kier alpha value is -1.10. The monoisotopic (exact) mass is 266 g/mol. The zero-order chi connectivity index (χ0) is 14.1. The SMILES string of the molecule is CCN(CCOC)CC(NC)c1ccc(OC)cc1. The van der Waals surface area contributed by atoms with Gasteiger partial charge in [-0.05, 0) is 31.3 Å². The van der Waals surface area contributed by atoms with E-state index < -0.39 is 0 Å². The molecule has 1 unspecified atom stereocenters. The van der Waals surface area contributed by atoms with Gasteiger partial charge < -0.3 is 14.8 Å². The summed E-state index contributed by atoms with van der Waals surface area (Å²) >= 11 is 0. The fraction of sp³-hybridized carbons (Fsp3) is 0.600. The summed E-state index contributed by atoms with van der Waals surface area (Å²) in [6, 6.07) is 8.56. The molecule has 0 heterocycles. The molecule has 0 aromatic heterocycles. The van der Waals surface area contributed by atoms with Crippen LogP contribution in [0.15, 0.2) is 24.3 Å². The molecule has 108 valence electrons. The first-order chi connectivity index (χ1) is 9.24. The topological polar surface area (TPSA) is 33.7 Å². The number of rotatable bonds is 9. The fourth-order valence-electron chi connectivity index (χ4n) is 2.06. The average Bonchev–Trinajstić information content (AvgIpc) is 2.48. The molecule has 0 aliphatic carbocycles. The van der Waals surface area contributed by atoms with E-state index >= 15 is 0 Å². The van der Waals surface area contributed by atoms with Crippen molar-refractivity contribution in [2.45, 2.75) is 13.0 Å². The normalized spacial score (nSPS) is 12.7. The van der Waals surface area contributed by atoms with Crippen molar-refractivity contribution < 1.29 is 9.47 Å². The Morgan fingerprint density at radius 1 is 1.21 bits per heavy atom. The summed E-state index contributed by atoms with van der Waals surface area (Å²) in [7, 11) is 5.43. The lowest BCUT2D eigenvalue weighted by molar-refractivity contribution is 0.144. The molecule has 0 spiro atoms. The first kappa shape index (κ1) is 16.0. The van der Waals surface area contributed by atoms with Crippen molar-refractivity contribution >= 4 is 0 Å². The minimum atomic E-state index is 0.322. The van der Waals surface area contributed by atoms with Gasteiger partial charge in [0.05, 0.1) is 13.7 Å². The molecule has 0 amide bonds. The van der Waals surface area contributed by atoms with Gasteiger partial charge in [-0.25, -0.2) is 0 Å². The minimum Gasteiger partial charge on any atom is -0.497 e. The van der Waals surface area contributed by atoms with Crippen LogP contribution in [0.25, 0.3) is 0 Å². The highest BCUT2D eigenvalue weighted by Crippen LogP contribution is 2.18. The highest BCUT2D eigenvalue weighted by molar-refractivity contribution is 5.29. The van der Waals surface area contributed by atoms with Gasteiger partial charge in [-0.2, -0.15) is 0 Å². The van der Waals surface area contributed by atoms with E-state index in [2.05, 4.69) is 29.3 Å². The molecule has 0 aliphatic rings. The molecule has 19 heavy (non-hydrogen) atoms. The van der Waals surface area contributed by atoms with E-state index in [1.807, 2.05) is 19.2 Å². The Balaban J connectivity index is 2.64. The molecule has 0 aliphatic heterocycles. The number of hydrogen-bond acceptors (Lipinski definition) is 4. The van der Waals surface area contributed by atoms with Crippen molar-refractivity contribution in [2.75, 3.05) is 47.5 Å². The van der Waals surface area contributed by atoms with Crippen molar-refractivity contribution in [1.29, 1.82) is 0 Å². The van der Waals surface area contributed by atoms with E-state index in [4.69, 9.17) is 9.47 Å². The van der Waals surface area contributed by atoms with Crippen LogP contribution in [0.1, 0.15) is 18.5 Å². The van der Waals surface area contributed by atoms with Gasteiger partial charge in [0.2, 0.25) is 0 Å². The smallest absolute Gasteiger partial charge is 0.118 e. The summed E-state index contributed by atoms with van der Waals surface area (Å²) in [5, 5.41) is 3.37. The number of likely N-dealkylation sites (N-methyl/N-ethyl adjacent to an activating group) is 2. The van der Waals surface area contributed by atoms with E-state index in [0.29, 0.717) is 6.04 Å². The van der Waals surface area contributed by atoms with Gasteiger partial charge in [0.25, 0.3) is 0 Å². The molecule has 0 saturated heterocycles. The molecule has 0 radical (unpaired) electrons. The summed E-state index contributed by atoms with van der Waals surface area (Å²) in [6.45, 7) is 5.91. The molecule has 1 atom stereocenters. The number of nitrogens with zero attached hydrogens (tertiary/aromatic N) is 1. The molecule has 0 saturated carbocycles. The molecule has 1 rings (SSSR count). The lowest BCUT2D eigenvalue weighted by Crippen LogP contribution is -2.35. The van der Waals surface area contributed by atoms with Crippen molar-refractivity contribution in [3.05, 3.63) is 29.8 Å². The summed E-state index contributed by atoms with van der Waals surface area (Å²) in [4.78, 5) is 2.38. The second kappa shape index (κ2) is 8.91. The Bertz CT molecular complexity index is 341. The maximum atomic E-state index is 5.19. The van der Waals surface area contributed by atoms with Gasteiger partial charge in [-0.3, -0.25) is 4.90 Å². The summed E-state index contributed by atoms with van der Waals surface area (Å²) in [6.07, 6.45) is 0. The summed E-state index contributed by atoms with van der Waals surface area (Å²) < 4.78 is 10.3. The molecule has 1 aromatic rings. The van der Waals surface area contributed by atoms with E-state index in [1.165, 1.54) is 5.56 Å². The van der Waals surface area contributed by atoms with Gasteiger partial charge in [0.15, 0.2) is 0 Å². The molecule has 4 nitrogen and oxygen atoms in total. The second-order valence-corrected chi connectivity index (χ2v) is 4.50. The Morgan fingerprint density at radius 2 is 1.89 bits per heavy atom. The van der Waals surface area contributed by atoms with Crippen LogP contribution in [0.2, 0.25) is 0 Å². The number of benzene rings is 1. The van der Waals surface area contributed by atoms with Crippen LogP contribution in [0.5, 0.6) is 5.75 Å². The van der Waals surface area contributed by atoms with Crippen LogP contribution in [0, 0.1) is 0 Å². The zero-order valence-corrected chi connectivity index (χ0v) is 12.5. The third kappa shape index (κ3) is 5.19. The average molecular weight is 266 g/mol. The highest BCUT2D eigenvalue weighted by atomic mass is 16.5. The van der Waals surface area contributed by atoms with E-state index in [1.54, 1.807) is 14.2 Å². The third-order valence-electron chi connectivity index (χ3n) is 3.37. The summed E-state index contributed by atoms with van der Waals surface area (Å²) in [5.74, 6) is 0.894. The van der Waals surface area contributed by atoms with Gasteiger partial charge in [0.1, 0.15) is 5.75 Å². The zero-order valence-electron chi connectivity index (χ0n) is 12.5. The molecular weight excluding hydrogens is 240 g/mol. The largest absolute Gasteiger partial charge is 0.497 e. The lowest BCUT2D eigenvalue weighted by atomic mass is 10.1. The van der Waals surface area contributed by atoms with Crippen LogP contribution in [-0.2, 0) is 4.74 Å². The number of hydrogen-bond donors (Lipinski definition) is 1. The maximum absolute atomic E-state index is 5.19. The summed E-state index contributed by atoms with van der Waals surface area (Å²) in [5.41, 5.74) is 1.28. The van der Waals surface area contributed by atoms with E-state index in [0.717, 1.165) is 32.0 Å². The Kier molecular flexibility index (Phi) is 7.48. The Morgan fingerprint density at radius 3 is 2.37 bits per heavy atom.